The zero-order valence-electron chi connectivity index (χ0n) is 15.8. The fourth-order valence-corrected chi connectivity index (χ4v) is 4.14. The Hall–Kier alpha value is -2.83. The second kappa shape index (κ2) is 5.34. The smallest absolute Gasteiger partial charge is 0.410 e. The number of carbonyl (C=O) groups excluding carboxylic acids is 1. The third-order valence-electron chi connectivity index (χ3n) is 5.46. The van der Waals surface area contributed by atoms with Crippen LogP contribution in [0.25, 0.3) is 22.3 Å². The topological polar surface area (TPSA) is 76.0 Å². The van der Waals surface area contributed by atoms with E-state index in [1.807, 2.05) is 39.2 Å². The lowest BCUT2D eigenvalue weighted by molar-refractivity contribution is -0.00969. The number of amides is 1. The summed E-state index contributed by atoms with van der Waals surface area (Å²) in [7, 11) is 0. The standard InChI is InChI=1S/C20H23N5O2/c1-19(2,3)27-18(26)24-11-20(12-24)5-7-25-17(20)9-15(23-25)13-8-16-14(22-10-13)4-6-21-16/h4,6,8-10,21H,5,7,11-12H2,1-3H3. The van der Waals surface area contributed by atoms with Crippen molar-refractivity contribution in [2.75, 3.05) is 13.1 Å². The number of carbonyl (C=O) groups is 1. The number of ether oxygens (including phenoxy) is 1. The van der Waals surface area contributed by atoms with E-state index in [-0.39, 0.29) is 11.5 Å². The van der Waals surface area contributed by atoms with Crippen molar-refractivity contribution in [3.63, 3.8) is 0 Å². The summed E-state index contributed by atoms with van der Waals surface area (Å²) in [5.74, 6) is 0. The zero-order valence-corrected chi connectivity index (χ0v) is 15.8. The van der Waals surface area contributed by atoms with E-state index in [1.54, 1.807) is 4.90 Å². The maximum atomic E-state index is 12.3. The molecular weight excluding hydrogens is 342 g/mol. The molecule has 0 aliphatic carbocycles. The van der Waals surface area contributed by atoms with Crippen LogP contribution in [0.3, 0.4) is 0 Å². The summed E-state index contributed by atoms with van der Waals surface area (Å²) in [5.41, 5.74) is 4.65. The Morgan fingerprint density at radius 3 is 2.89 bits per heavy atom. The summed E-state index contributed by atoms with van der Waals surface area (Å²) in [4.78, 5) is 21.8. The maximum absolute atomic E-state index is 12.3. The number of rotatable bonds is 1. The summed E-state index contributed by atoms with van der Waals surface area (Å²) in [6.45, 7) is 7.96. The fraction of sp³-hybridized carbons (Fsp3) is 0.450. The third kappa shape index (κ3) is 2.60. The van der Waals surface area contributed by atoms with Crippen molar-refractivity contribution in [1.29, 1.82) is 0 Å². The van der Waals surface area contributed by atoms with Crippen molar-refractivity contribution in [2.24, 2.45) is 0 Å². The van der Waals surface area contributed by atoms with Gasteiger partial charge in [-0.2, -0.15) is 5.10 Å². The number of H-pyrrole nitrogens is 1. The quantitative estimate of drug-likeness (QED) is 0.718. The average Bonchev–Trinajstić information content (AvgIpc) is 3.24. The van der Waals surface area contributed by atoms with Crippen LogP contribution < -0.4 is 0 Å². The first-order chi connectivity index (χ1) is 12.8. The molecule has 1 saturated heterocycles. The van der Waals surface area contributed by atoms with Gasteiger partial charge in [-0.3, -0.25) is 9.67 Å². The second-order valence-corrected chi connectivity index (χ2v) is 8.64. The average molecular weight is 365 g/mol. The van der Waals surface area contributed by atoms with E-state index in [4.69, 9.17) is 9.84 Å². The number of likely N-dealkylation sites (tertiary alicyclic amines) is 1. The van der Waals surface area contributed by atoms with E-state index >= 15 is 0 Å². The molecule has 5 rings (SSSR count). The molecule has 2 aliphatic heterocycles. The van der Waals surface area contributed by atoms with Crippen molar-refractivity contribution in [1.82, 2.24) is 24.6 Å². The fourth-order valence-electron chi connectivity index (χ4n) is 4.14. The Balaban J connectivity index is 1.38. The summed E-state index contributed by atoms with van der Waals surface area (Å²) in [5, 5.41) is 4.79. The van der Waals surface area contributed by atoms with Crippen LogP contribution >= 0.6 is 0 Å². The van der Waals surface area contributed by atoms with Gasteiger partial charge in [-0.25, -0.2) is 4.79 Å². The van der Waals surface area contributed by atoms with Gasteiger partial charge in [-0.05, 0) is 45.4 Å². The van der Waals surface area contributed by atoms with Gasteiger partial charge in [0.25, 0.3) is 0 Å². The van der Waals surface area contributed by atoms with Crippen LogP contribution in [-0.2, 0) is 16.7 Å². The first kappa shape index (κ1) is 16.4. The van der Waals surface area contributed by atoms with E-state index < -0.39 is 5.60 Å². The third-order valence-corrected chi connectivity index (χ3v) is 5.46. The molecule has 1 spiro atoms. The van der Waals surface area contributed by atoms with E-state index in [9.17, 15) is 4.79 Å². The molecule has 0 atom stereocenters. The highest BCUT2D eigenvalue weighted by molar-refractivity contribution is 5.80. The SMILES string of the molecule is CC(C)(C)OC(=O)N1CC2(CCn3nc(-c4cnc5cc[nH]c5c4)cc32)C1. The van der Waals surface area contributed by atoms with Crippen molar-refractivity contribution >= 4 is 17.1 Å². The molecule has 140 valence electrons. The van der Waals surface area contributed by atoms with Crippen LogP contribution in [0.1, 0.15) is 32.9 Å². The van der Waals surface area contributed by atoms with Crippen molar-refractivity contribution in [2.45, 2.75) is 44.8 Å². The Bertz CT molecular complexity index is 1040. The first-order valence-corrected chi connectivity index (χ1v) is 9.33. The number of nitrogens with one attached hydrogen (secondary N) is 1. The predicted octanol–water partition coefficient (Wildman–Crippen LogP) is 3.32. The van der Waals surface area contributed by atoms with Crippen LogP contribution in [0.2, 0.25) is 0 Å². The Labute approximate surface area is 157 Å². The molecule has 0 aromatic carbocycles. The largest absolute Gasteiger partial charge is 0.444 e. The summed E-state index contributed by atoms with van der Waals surface area (Å²) in [6, 6.07) is 6.20. The van der Waals surface area contributed by atoms with Gasteiger partial charge in [0, 0.05) is 48.7 Å². The number of fused-ring (bicyclic) bond motifs is 3. The Morgan fingerprint density at radius 1 is 1.30 bits per heavy atom. The molecule has 1 amide bonds. The number of pyridine rings is 1. The van der Waals surface area contributed by atoms with Crippen LogP contribution in [-0.4, -0.2) is 49.4 Å². The number of aromatic amines is 1. The van der Waals surface area contributed by atoms with Crippen molar-refractivity contribution in [3.05, 3.63) is 36.3 Å². The van der Waals surface area contributed by atoms with E-state index in [0.29, 0.717) is 13.1 Å². The number of hydrogen-bond donors (Lipinski definition) is 1. The van der Waals surface area contributed by atoms with Gasteiger partial charge >= 0.3 is 6.09 Å². The van der Waals surface area contributed by atoms with Crippen LogP contribution in [0.4, 0.5) is 4.79 Å². The van der Waals surface area contributed by atoms with E-state index in [2.05, 4.69) is 26.8 Å². The highest BCUT2D eigenvalue weighted by Crippen LogP contribution is 2.44. The van der Waals surface area contributed by atoms with Gasteiger partial charge in [0.15, 0.2) is 0 Å². The van der Waals surface area contributed by atoms with Crippen LogP contribution in [0.15, 0.2) is 30.6 Å². The summed E-state index contributed by atoms with van der Waals surface area (Å²) < 4.78 is 7.58. The molecule has 0 radical (unpaired) electrons. The summed E-state index contributed by atoms with van der Waals surface area (Å²) in [6.07, 6.45) is 4.55. The first-order valence-electron chi connectivity index (χ1n) is 9.33. The van der Waals surface area contributed by atoms with E-state index in [0.717, 1.165) is 35.3 Å². The van der Waals surface area contributed by atoms with Crippen LogP contribution in [0.5, 0.6) is 0 Å². The molecule has 1 fully saturated rings. The number of aromatic nitrogens is 4. The molecule has 1 N–H and O–H groups in total. The number of nitrogens with zero attached hydrogens (tertiary/aromatic N) is 4. The lowest BCUT2D eigenvalue weighted by Gasteiger charge is -2.47. The Morgan fingerprint density at radius 2 is 2.11 bits per heavy atom. The lowest BCUT2D eigenvalue weighted by Crippen LogP contribution is -2.61. The number of aryl methyl sites for hydroxylation is 1. The minimum Gasteiger partial charge on any atom is -0.444 e. The molecular formula is C20H23N5O2. The molecule has 5 heterocycles. The second-order valence-electron chi connectivity index (χ2n) is 8.64. The molecule has 7 nitrogen and oxygen atoms in total. The molecule has 27 heavy (non-hydrogen) atoms. The van der Waals surface area contributed by atoms with Gasteiger partial charge in [-0.15, -0.1) is 0 Å². The van der Waals surface area contributed by atoms with Gasteiger partial charge < -0.3 is 14.6 Å². The van der Waals surface area contributed by atoms with Gasteiger partial charge in [0.05, 0.1) is 16.7 Å². The normalized spacial score (nSPS) is 18.0. The van der Waals surface area contributed by atoms with E-state index in [1.165, 1.54) is 5.69 Å². The number of hydrogen-bond acceptors (Lipinski definition) is 4. The van der Waals surface area contributed by atoms with Gasteiger partial charge in [0.1, 0.15) is 5.60 Å². The molecule has 2 aliphatic rings. The van der Waals surface area contributed by atoms with Crippen molar-refractivity contribution in [3.8, 4) is 11.3 Å². The highest BCUT2D eigenvalue weighted by Gasteiger charge is 2.52. The molecule has 3 aromatic heterocycles. The lowest BCUT2D eigenvalue weighted by atomic mass is 9.76. The molecule has 3 aromatic rings. The zero-order chi connectivity index (χ0) is 18.8. The molecule has 0 saturated carbocycles. The minimum atomic E-state index is -0.464. The van der Waals surface area contributed by atoms with Gasteiger partial charge in [-0.1, -0.05) is 0 Å². The summed E-state index contributed by atoms with van der Waals surface area (Å²) >= 11 is 0. The predicted molar refractivity (Wildman–Crippen MR) is 101 cm³/mol. The minimum absolute atomic E-state index is 0.00607. The molecule has 0 unspecified atom stereocenters. The van der Waals surface area contributed by atoms with Crippen molar-refractivity contribution < 1.29 is 9.53 Å². The molecule has 0 bridgehead atoms. The Kier molecular flexibility index (Phi) is 3.24. The van der Waals surface area contributed by atoms with Crippen LogP contribution in [0, 0.1) is 0 Å². The highest BCUT2D eigenvalue weighted by atomic mass is 16.6. The monoisotopic (exact) mass is 365 g/mol. The van der Waals surface area contributed by atoms with Gasteiger partial charge in [0.2, 0.25) is 0 Å². The molecule has 7 heteroatoms. The maximum Gasteiger partial charge on any atom is 0.410 e.